The SMILES string of the molecule is O=[N+]([O-])c1cccc(CNc2snc3ccccc23)c1. The Bertz CT molecular complexity index is 770. The first-order valence-corrected chi connectivity index (χ1v) is 6.83. The predicted molar refractivity (Wildman–Crippen MR) is 80.0 cm³/mol. The minimum absolute atomic E-state index is 0.110. The van der Waals surface area contributed by atoms with Crippen LogP contribution in [0.4, 0.5) is 10.7 Å². The molecule has 0 saturated heterocycles. The second-order valence-corrected chi connectivity index (χ2v) is 5.08. The van der Waals surface area contributed by atoms with E-state index in [4.69, 9.17) is 0 Å². The quantitative estimate of drug-likeness (QED) is 0.584. The van der Waals surface area contributed by atoms with Gasteiger partial charge in [-0.2, -0.15) is 4.37 Å². The molecule has 5 nitrogen and oxygen atoms in total. The summed E-state index contributed by atoms with van der Waals surface area (Å²) in [5.41, 5.74) is 1.94. The third kappa shape index (κ3) is 2.46. The van der Waals surface area contributed by atoms with E-state index in [9.17, 15) is 10.1 Å². The minimum atomic E-state index is -0.383. The second-order valence-electron chi connectivity index (χ2n) is 4.31. The lowest BCUT2D eigenvalue weighted by atomic mass is 10.2. The number of hydrogen-bond acceptors (Lipinski definition) is 5. The number of non-ortho nitro benzene ring substituents is 1. The van der Waals surface area contributed by atoms with Gasteiger partial charge in [0.1, 0.15) is 5.00 Å². The smallest absolute Gasteiger partial charge is 0.269 e. The molecule has 2 aromatic carbocycles. The van der Waals surface area contributed by atoms with Crippen LogP contribution in [0.3, 0.4) is 0 Å². The Hall–Kier alpha value is -2.47. The number of fused-ring (bicyclic) bond motifs is 1. The van der Waals surface area contributed by atoms with Gasteiger partial charge in [0.25, 0.3) is 5.69 Å². The summed E-state index contributed by atoms with van der Waals surface area (Å²) in [5.74, 6) is 0. The third-order valence-corrected chi connectivity index (χ3v) is 3.79. The van der Waals surface area contributed by atoms with E-state index in [2.05, 4.69) is 9.69 Å². The highest BCUT2D eigenvalue weighted by atomic mass is 32.1. The number of aromatic nitrogens is 1. The Balaban J connectivity index is 1.79. The Morgan fingerprint density at radius 2 is 2.05 bits per heavy atom. The molecule has 0 amide bonds. The van der Waals surface area contributed by atoms with Crippen molar-refractivity contribution < 1.29 is 4.92 Å². The van der Waals surface area contributed by atoms with Crippen LogP contribution in [0.2, 0.25) is 0 Å². The maximum absolute atomic E-state index is 10.7. The van der Waals surface area contributed by atoms with E-state index in [0.717, 1.165) is 21.5 Å². The lowest BCUT2D eigenvalue weighted by Gasteiger charge is -2.04. The van der Waals surface area contributed by atoms with Crippen molar-refractivity contribution in [1.82, 2.24) is 4.37 Å². The van der Waals surface area contributed by atoms with Gasteiger partial charge < -0.3 is 5.32 Å². The normalized spacial score (nSPS) is 10.6. The van der Waals surface area contributed by atoms with Crippen LogP contribution in [0.15, 0.2) is 48.5 Å². The van der Waals surface area contributed by atoms with Crippen LogP contribution < -0.4 is 5.32 Å². The van der Waals surface area contributed by atoms with Gasteiger partial charge in [0.15, 0.2) is 0 Å². The number of nitro groups is 1. The van der Waals surface area contributed by atoms with E-state index < -0.39 is 0 Å². The highest BCUT2D eigenvalue weighted by molar-refractivity contribution is 7.11. The van der Waals surface area contributed by atoms with Crippen molar-refractivity contribution >= 4 is 33.1 Å². The standard InChI is InChI=1S/C14H11N3O2S/c18-17(19)11-5-3-4-10(8-11)9-15-14-12-6-1-2-7-13(12)16-20-14/h1-8,15H,9H2. The number of nitrogens with one attached hydrogen (secondary N) is 1. The second kappa shape index (κ2) is 5.26. The van der Waals surface area contributed by atoms with Gasteiger partial charge in [-0.15, -0.1) is 0 Å². The van der Waals surface area contributed by atoms with E-state index in [1.54, 1.807) is 12.1 Å². The molecule has 0 saturated carbocycles. The molecule has 0 aliphatic heterocycles. The molecule has 0 radical (unpaired) electrons. The number of rotatable bonds is 4. The number of nitro benzene ring substituents is 1. The molecule has 0 aliphatic carbocycles. The summed E-state index contributed by atoms with van der Waals surface area (Å²) < 4.78 is 4.35. The zero-order valence-electron chi connectivity index (χ0n) is 10.4. The zero-order chi connectivity index (χ0) is 13.9. The third-order valence-electron chi connectivity index (χ3n) is 2.96. The number of benzene rings is 2. The Morgan fingerprint density at radius 1 is 1.20 bits per heavy atom. The molecule has 1 heterocycles. The summed E-state index contributed by atoms with van der Waals surface area (Å²) >= 11 is 1.40. The average molecular weight is 285 g/mol. The average Bonchev–Trinajstić information content (AvgIpc) is 2.89. The van der Waals surface area contributed by atoms with Crippen molar-refractivity contribution in [3.05, 3.63) is 64.2 Å². The molecule has 0 aliphatic rings. The maximum Gasteiger partial charge on any atom is 0.269 e. The highest BCUT2D eigenvalue weighted by Gasteiger charge is 2.07. The molecule has 0 unspecified atom stereocenters. The van der Waals surface area contributed by atoms with Gasteiger partial charge in [-0.1, -0.05) is 24.3 Å². The zero-order valence-corrected chi connectivity index (χ0v) is 11.3. The van der Waals surface area contributed by atoms with Gasteiger partial charge in [0.2, 0.25) is 0 Å². The maximum atomic E-state index is 10.7. The molecule has 3 aromatic rings. The first-order chi connectivity index (χ1) is 9.74. The molecule has 1 aromatic heterocycles. The fraction of sp³-hybridized carbons (Fsp3) is 0.0714. The first-order valence-electron chi connectivity index (χ1n) is 6.05. The van der Waals surface area contributed by atoms with E-state index in [0.29, 0.717) is 6.54 Å². The number of nitrogens with zero attached hydrogens (tertiary/aromatic N) is 2. The molecule has 20 heavy (non-hydrogen) atoms. The van der Waals surface area contributed by atoms with Crippen LogP contribution in [-0.4, -0.2) is 9.30 Å². The van der Waals surface area contributed by atoms with Crippen molar-refractivity contribution in [3.63, 3.8) is 0 Å². The minimum Gasteiger partial charge on any atom is -0.371 e. The van der Waals surface area contributed by atoms with Gasteiger partial charge in [-0.05, 0) is 29.2 Å². The molecule has 100 valence electrons. The molecule has 0 spiro atoms. The lowest BCUT2D eigenvalue weighted by molar-refractivity contribution is -0.384. The molecular formula is C14H11N3O2S. The highest BCUT2D eigenvalue weighted by Crippen LogP contribution is 2.27. The van der Waals surface area contributed by atoms with Crippen molar-refractivity contribution in [1.29, 1.82) is 0 Å². The van der Waals surface area contributed by atoms with Crippen molar-refractivity contribution in [2.24, 2.45) is 0 Å². The topological polar surface area (TPSA) is 68.1 Å². The van der Waals surface area contributed by atoms with Gasteiger partial charge in [0.05, 0.1) is 10.4 Å². The van der Waals surface area contributed by atoms with Crippen LogP contribution in [-0.2, 0) is 6.54 Å². The summed E-state index contributed by atoms with van der Waals surface area (Å²) in [6.45, 7) is 0.536. The molecule has 1 N–H and O–H groups in total. The van der Waals surface area contributed by atoms with Crippen LogP contribution in [0, 0.1) is 10.1 Å². The largest absolute Gasteiger partial charge is 0.371 e. The Kier molecular flexibility index (Phi) is 3.30. The Labute approximate surface area is 119 Å². The van der Waals surface area contributed by atoms with Gasteiger partial charge in [-0.25, -0.2) is 0 Å². The molecule has 6 heteroatoms. The van der Waals surface area contributed by atoms with Gasteiger partial charge in [-0.3, -0.25) is 10.1 Å². The van der Waals surface area contributed by atoms with Crippen molar-refractivity contribution in [3.8, 4) is 0 Å². The summed E-state index contributed by atoms with van der Waals surface area (Å²) in [7, 11) is 0. The van der Waals surface area contributed by atoms with E-state index in [-0.39, 0.29) is 10.6 Å². The summed E-state index contributed by atoms with van der Waals surface area (Å²) in [6.07, 6.45) is 0. The summed E-state index contributed by atoms with van der Waals surface area (Å²) in [6, 6.07) is 14.5. The van der Waals surface area contributed by atoms with Crippen LogP contribution in [0.1, 0.15) is 5.56 Å². The molecular weight excluding hydrogens is 274 g/mol. The number of anilines is 1. The number of hydrogen-bond donors (Lipinski definition) is 1. The summed E-state index contributed by atoms with van der Waals surface area (Å²) in [4.78, 5) is 10.4. The van der Waals surface area contributed by atoms with Gasteiger partial charge in [0, 0.05) is 24.1 Å². The molecule has 3 rings (SSSR count). The van der Waals surface area contributed by atoms with Crippen molar-refractivity contribution in [2.45, 2.75) is 6.54 Å². The predicted octanol–water partition coefficient (Wildman–Crippen LogP) is 3.82. The monoisotopic (exact) mass is 285 g/mol. The van der Waals surface area contributed by atoms with Crippen molar-refractivity contribution in [2.75, 3.05) is 5.32 Å². The molecule has 0 bridgehead atoms. The molecule has 0 fully saturated rings. The van der Waals surface area contributed by atoms with Crippen LogP contribution >= 0.6 is 11.5 Å². The fourth-order valence-corrected chi connectivity index (χ4v) is 2.74. The van der Waals surface area contributed by atoms with E-state index in [1.165, 1.54) is 17.6 Å². The first kappa shape index (κ1) is 12.6. The van der Waals surface area contributed by atoms with Gasteiger partial charge >= 0.3 is 0 Å². The van der Waals surface area contributed by atoms with Crippen LogP contribution in [0.25, 0.3) is 10.9 Å². The van der Waals surface area contributed by atoms with Crippen LogP contribution in [0.5, 0.6) is 0 Å². The fourth-order valence-electron chi connectivity index (χ4n) is 1.98. The van der Waals surface area contributed by atoms with E-state index in [1.807, 2.05) is 30.3 Å². The lowest BCUT2D eigenvalue weighted by Crippen LogP contribution is -1.98. The summed E-state index contributed by atoms with van der Waals surface area (Å²) in [5, 5.41) is 16.1. The molecule has 0 atom stereocenters. The van der Waals surface area contributed by atoms with E-state index >= 15 is 0 Å². The Morgan fingerprint density at radius 3 is 2.90 bits per heavy atom.